The van der Waals surface area contributed by atoms with Gasteiger partial charge in [0.15, 0.2) is 5.13 Å². The van der Waals surface area contributed by atoms with E-state index in [1.165, 1.54) is 11.3 Å². The number of amides is 1. The highest BCUT2D eigenvalue weighted by Crippen LogP contribution is 2.33. The molecule has 1 heterocycles. The van der Waals surface area contributed by atoms with Crippen LogP contribution in [0.4, 0.5) is 10.8 Å². The number of sulfonamides is 1. The summed E-state index contributed by atoms with van der Waals surface area (Å²) in [5, 5.41) is 4.56. The highest BCUT2D eigenvalue weighted by molar-refractivity contribution is 9.10. The number of thiazole rings is 1. The van der Waals surface area contributed by atoms with E-state index in [-0.39, 0.29) is 11.2 Å². The lowest BCUT2D eigenvalue weighted by atomic mass is 9.89. The van der Waals surface area contributed by atoms with Gasteiger partial charge in [0, 0.05) is 15.5 Å². The van der Waals surface area contributed by atoms with E-state index in [9.17, 15) is 13.2 Å². The zero-order valence-corrected chi connectivity index (χ0v) is 17.0. The molecule has 1 aliphatic rings. The maximum Gasteiger partial charge on any atom is 0.237 e. The summed E-state index contributed by atoms with van der Waals surface area (Å²) in [6, 6.07) is 7.29. The van der Waals surface area contributed by atoms with Crippen LogP contribution in [-0.4, -0.2) is 24.6 Å². The van der Waals surface area contributed by atoms with Crippen LogP contribution in [0.15, 0.2) is 34.1 Å². The summed E-state index contributed by atoms with van der Waals surface area (Å²) >= 11 is 4.54. The van der Waals surface area contributed by atoms with Gasteiger partial charge in [-0.25, -0.2) is 13.4 Å². The molecule has 0 aliphatic heterocycles. The molecule has 1 aromatic carbocycles. The highest BCUT2D eigenvalue weighted by atomic mass is 79.9. The SMILES string of the molecule is CC(C)(C(=O)Nc1ccc(Br)cc1)c1csc(NS(=O)(=O)C2CC2)n1. The van der Waals surface area contributed by atoms with Gasteiger partial charge in [0.25, 0.3) is 0 Å². The summed E-state index contributed by atoms with van der Waals surface area (Å²) < 4.78 is 27.4. The normalized spacial score (nSPS) is 15.0. The second kappa shape index (κ2) is 6.69. The first-order valence-electron chi connectivity index (χ1n) is 7.73. The van der Waals surface area contributed by atoms with Gasteiger partial charge in [0.05, 0.1) is 16.4 Å². The topological polar surface area (TPSA) is 88.2 Å². The molecule has 1 aromatic heterocycles. The van der Waals surface area contributed by atoms with E-state index in [4.69, 9.17) is 0 Å². The first-order chi connectivity index (χ1) is 11.7. The zero-order valence-electron chi connectivity index (χ0n) is 13.7. The van der Waals surface area contributed by atoms with Crippen LogP contribution in [-0.2, 0) is 20.2 Å². The van der Waals surface area contributed by atoms with Gasteiger partial charge in [-0.05, 0) is 51.0 Å². The molecule has 2 aromatic rings. The Bertz CT molecular complexity index is 888. The van der Waals surface area contributed by atoms with Crippen LogP contribution in [0.3, 0.4) is 0 Å². The van der Waals surface area contributed by atoms with Gasteiger partial charge in [0.2, 0.25) is 15.9 Å². The lowest BCUT2D eigenvalue weighted by Crippen LogP contribution is -2.35. The Morgan fingerprint density at radius 3 is 2.52 bits per heavy atom. The minimum Gasteiger partial charge on any atom is -0.325 e. The minimum atomic E-state index is -3.35. The Labute approximate surface area is 159 Å². The van der Waals surface area contributed by atoms with Gasteiger partial charge in [-0.2, -0.15) is 0 Å². The first-order valence-corrected chi connectivity index (χ1v) is 10.9. The standard InChI is InChI=1S/C16H18BrN3O3S2/c1-16(2,14(21)18-11-5-3-10(17)4-6-11)13-9-24-15(19-13)20-25(22,23)12-7-8-12/h3-6,9,12H,7-8H2,1-2H3,(H,18,21)(H,19,20). The van der Waals surface area contributed by atoms with Crippen LogP contribution >= 0.6 is 27.3 Å². The molecular formula is C16H18BrN3O3S2. The van der Waals surface area contributed by atoms with Crippen molar-refractivity contribution < 1.29 is 13.2 Å². The third-order valence-corrected chi connectivity index (χ3v) is 7.25. The number of anilines is 2. The molecule has 25 heavy (non-hydrogen) atoms. The Balaban J connectivity index is 1.73. The Morgan fingerprint density at radius 2 is 1.92 bits per heavy atom. The van der Waals surface area contributed by atoms with Crippen molar-refractivity contribution in [3.05, 3.63) is 39.8 Å². The van der Waals surface area contributed by atoms with Gasteiger partial charge in [0.1, 0.15) is 0 Å². The predicted octanol–water partition coefficient (Wildman–Crippen LogP) is 3.73. The van der Waals surface area contributed by atoms with Crippen LogP contribution in [0.5, 0.6) is 0 Å². The second-order valence-electron chi connectivity index (χ2n) is 6.47. The number of nitrogens with one attached hydrogen (secondary N) is 2. The van der Waals surface area contributed by atoms with E-state index in [0.717, 1.165) is 4.47 Å². The number of carbonyl (C=O) groups is 1. The number of hydrogen-bond donors (Lipinski definition) is 2. The summed E-state index contributed by atoms with van der Waals surface area (Å²) in [4.78, 5) is 16.9. The van der Waals surface area contributed by atoms with E-state index in [2.05, 4.69) is 31.0 Å². The first kappa shape index (κ1) is 18.3. The molecule has 0 spiro atoms. The lowest BCUT2D eigenvalue weighted by molar-refractivity contribution is -0.120. The summed E-state index contributed by atoms with van der Waals surface area (Å²) in [5.41, 5.74) is 0.319. The van der Waals surface area contributed by atoms with E-state index >= 15 is 0 Å². The van der Waals surface area contributed by atoms with E-state index in [1.54, 1.807) is 31.4 Å². The van der Waals surface area contributed by atoms with E-state index < -0.39 is 15.4 Å². The highest BCUT2D eigenvalue weighted by Gasteiger charge is 2.37. The summed E-state index contributed by atoms with van der Waals surface area (Å²) in [6.45, 7) is 3.52. The molecule has 0 radical (unpaired) electrons. The molecule has 9 heteroatoms. The molecule has 3 rings (SSSR count). The molecular weight excluding hydrogens is 426 g/mol. The molecule has 0 atom stereocenters. The third kappa shape index (κ3) is 4.21. The van der Waals surface area contributed by atoms with Gasteiger partial charge >= 0.3 is 0 Å². The Kier molecular flexibility index (Phi) is 4.91. The van der Waals surface area contributed by atoms with Crippen molar-refractivity contribution in [2.45, 2.75) is 37.4 Å². The number of rotatable bonds is 6. The number of carbonyl (C=O) groups excluding carboxylic acids is 1. The fourth-order valence-electron chi connectivity index (χ4n) is 2.13. The molecule has 1 fully saturated rings. The predicted molar refractivity (Wildman–Crippen MR) is 103 cm³/mol. The minimum absolute atomic E-state index is 0.211. The summed E-state index contributed by atoms with van der Waals surface area (Å²) in [6.07, 6.45) is 1.38. The second-order valence-corrected chi connectivity index (χ2v) is 10.2. The molecule has 0 saturated heterocycles. The number of benzene rings is 1. The monoisotopic (exact) mass is 443 g/mol. The van der Waals surface area contributed by atoms with Crippen molar-refractivity contribution in [2.75, 3.05) is 10.0 Å². The fourth-order valence-corrected chi connectivity index (χ4v) is 4.87. The van der Waals surface area contributed by atoms with Gasteiger partial charge in [-0.15, -0.1) is 11.3 Å². The Morgan fingerprint density at radius 1 is 1.28 bits per heavy atom. The third-order valence-electron chi connectivity index (χ3n) is 4.01. The van der Waals surface area contributed by atoms with Crippen LogP contribution < -0.4 is 10.0 Å². The summed E-state index contributed by atoms with van der Waals surface area (Å²) in [7, 11) is -3.35. The van der Waals surface area contributed by atoms with Crippen molar-refractivity contribution >= 4 is 54.0 Å². The molecule has 6 nitrogen and oxygen atoms in total. The largest absolute Gasteiger partial charge is 0.325 e. The maximum absolute atomic E-state index is 12.6. The number of halogens is 1. The van der Waals surface area contributed by atoms with Crippen LogP contribution in [0.25, 0.3) is 0 Å². The van der Waals surface area contributed by atoms with Crippen molar-refractivity contribution in [3.8, 4) is 0 Å². The number of nitrogens with zero attached hydrogens (tertiary/aromatic N) is 1. The zero-order chi connectivity index (χ0) is 18.2. The van der Waals surface area contributed by atoms with Crippen LogP contribution in [0.2, 0.25) is 0 Å². The molecule has 1 saturated carbocycles. The van der Waals surface area contributed by atoms with Crippen molar-refractivity contribution in [3.63, 3.8) is 0 Å². The summed E-state index contributed by atoms with van der Waals surface area (Å²) in [5.74, 6) is -0.211. The molecule has 134 valence electrons. The number of hydrogen-bond acceptors (Lipinski definition) is 5. The van der Waals surface area contributed by atoms with Crippen molar-refractivity contribution in [1.82, 2.24) is 4.98 Å². The average Bonchev–Trinajstić information content (AvgIpc) is 3.31. The van der Waals surface area contributed by atoms with Gasteiger partial charge in [-0.1, -0.05) is 15.9 Å². The Hall–Kier alpha value is -1.45. The molecule has 0 bridgehead atoms. The maximum atomic E-state index is 12.6. The van der Waals surface area contributed by atoms with Gasteiger partial charge in [-0.3, -0.25) is 9.52 Å². The average molecular weight is 444 g/mol. The quantitative estimate of drug-likeness (QED) is 0.711. The van der Waals surface area contributed by atoms with E-state index in [0.29, 0.717) is 29.4 Å². The molecule has 2 N–H and O–H groups in total. The number of aromatic nitrogens is 1. The smallest absolute Gasteiger partial charge is 0.237 e. The van der Waals surface area contributed by atoms with Gasteiger partial charge < -0.3 is 5.32 Å². The fraction of sp³-hybridized carbons (Fsp3) is 0.375. The molecule has 0 unspecified atom stereocenters. The molecule has 1 amide bonds. The van der Waals surface area contributed by atoms with Crippen LogP contribution in [0, 0.1) is 0 Å². The van der Waals surface area contributed by atoms with Crippen molar-refractivity contribution in [1.29, 1.82) is 0 Å². The van der Waals surface area contributed by atoms with E-state index in [1.807, 2.05) is 12.1 Å². The van der Waals surface area contributed by atoms with Crippen LogP contribution in [0.1, 0.15) is 32.4 Å². The molecule has 1 aliphatic carbocycles. The lowest BCUT2D eigenvalue weighted by Gasteiger charge is -2.21. The van der Waals surface area contributed by atoms with Crippen molar-refractivity contribution in [2.24, 2.45) is 0 Å².